The highest BCUT2D eigenvalue weighted by Gasteiger charge is 2.38. The van der Waals surface area contributed by atoms with E-state index in [1.165, 1.54) is 5.56 Å². The molecular weight excluding hydrogens is 292 g/mol. The molecule has 0 aliphatic carbocycles. The Kier molecular flexibility index (Phi) is 5.12. The standard InChI is InChI=1S/C23H24O/c1-2-20(18-19-12-6-3-7-13-19)23(24,21-14-8-4-9-15-21)22-16-10-5-11-17-22/h3-17,20,24H,2,18H2,1H3. The Morgan fingerprint density at radius 1 is 0.708 bits per heavy atom. The Morgan fingerprint density at radius 3 is 1.54 bits per heavy atom. The molecule has 1 N–H and O–H groups in total. The Labute approximate surface area is 144 Å². The number of hydrogen-bond donors (Lipinski definition) is 1. The quantitative estimate of drug-likeness (QED) is 0.663. The topological polar surface area (TPSA) is 20.2 Å². The average Bonchev–Trinajstić information content (AvgIpc) is 2.67. The zero-order chi connectivity index (χ0) is 16.8. The summed E-state index contributed by atoms with van der Waals surface area (Å²) >= 11 is 0. The molecule has 3 aromatic rings. The van der Waals surface area contributed by atoms with Crippen LogP contribution in [0.5, 0.6) is 0 Å². The molecule has 0 radical (unpaired) electrons. The lowest BCUT2D eigenvalue weighted by molar-refractivity contribution is 0.0141. The van der Waals surface area contributed by atoms with E-state index >= 15 is 0 Å². The van der Waals surface area contributed by atoms with Crippen LogP contribution in [0.2, 0.25) is 0 Å². The molecule has 24 heavy (non-hydrogen) atoms. The fourth-order valence-corrected chi connectivity index (χ4v) is 3.51. The summed E-state index contributed by atoms with van der Waals surface area (Å²) in [4.78, 5) is 0. The van der Waals surface area contributed by atoms with Crippen molar-refractivity contribution in [2.75, 3.05) is 0 Å². The van der Waals surface area contributed by atoms with Crippen molar-refractivity contribution in [3.8, 4) is 0 Å². The van der Waals surface area contributed by atoms with Crippen LogP contribution < -0.4 is 0 Å². The molecule has 1 heteroatoms. The van der Waals surface area contributed by atoms with Gasteiger partial charge in [-0.05, 0) is 35.4 Å². The molecule has 3 aromatic carbocycles. The molecule has 122 valence electrons. The molecule has 0 spiro atoms. The van der Waals surface area contributed by atoms with Gasteiger partial charge < -0.3 is 5.11 Å². The van der Waals surface area contributed by atoms with Gasteiger partial charge in [-0.1, -0.05) is 97.9 Å². The van der Waals surface area contributed by atoms with Gasteiger partial charge in [0.1, 0.15) is 5.60 Å². The van der Waals surface area contributed by atoms with Crippen LogP contribution in [-0.2, 0) is 12.0 Å². The van der Waals surface area contributed by atoms with Crippen molar-refractivity contribution in [3.05, 3.63) is 108 Å². The molecule has 3 rings (SSSR count). The van der Waals surface area contributed by atoms with E-state index < -0.39 is 5.60 Å². The SMILES string of the molecule is CCC(Cc1ccccc1)C(O)(c1ccccc1)c1ccccc1. The van der Waals surface area contributed by atoms with Crippen molar-refractivity contribution in [1.29, 1.82) is 0 Å². The molecule has 0 amide bonds. The van der Waals surface area contributed by atoms with Gasteiger partial charge in [-0.2, -0.15) is 0 Å². The summed E-state index contributed by atoms with van der Waals surface area (Å²) in [6.45, 7) is 2.16. The van der Waals surface area contributed by atoms with Crippen LogP contribution >= 0.6 is 0 Å². The molecule has 0 aliphatic heterocycles. The van der Waals surface area contributed by atoms with E-state index in [0.29, 0.717) is 0 Å². The minimum absolute atomic E-state index is 0.102. The largest absolute Gasteiger partial charge is 0.380 e. The second-order valence-electron chi connectivity index (χ2n) is 6.29. The summed E-state index contributed by atoms with van der Waals surface area (Å²) in [5.74, 6) is 0.102. The fourth-order valence-electron chi connectivity index (χ4n) is 3.51. The molecule has 0 saturated heterocycles. The predicted molar refractivity (Wildman–Crippen MR) is 99.8 cm³/mol. The third-order valence-electron chi connectivity index (χ3n) is 4.84. The minimum atomic E-state index is -0.993. The summed E-state index contributed by atoms with van der Waals surface area (Å²) in [6.07, 6.45) is 1.74. The Bertz CT molecular complexity index is 695. The maximum Gasteiger partial charge on any atom is 0.118 e. The summed E-state index contributed by atoms with van der Waals surface area (Å²) in [7, 11) is 0. The van der Waals surface area contributed by atoms with E-state index in [2.05, 4.69) is 31.2 Å². The van der Waals surface area contributed by atoms with Gasteiger partial charge >= 0.3 is 0 Å². The van der Waals surface area contributed by atoms with Gasteiger partial charge in [0.2, 0.25) is 0 Å². The Hall–Kier alpha value is -2.38. The van der Waals surface area contributed by atoms with E-state index in [-0.39, 0.29) is 5.92 Å². The van der Waals surface area contributed by atoms with Crippen molar-refractivity contribution in [1.82, 2.24) is 0 Å². The lowest BCUT2D eigenvalue weighted by Crippen LogP contribution is -2.37. The Morgan fingerprint density at radius 2 is 1.12 bits per heavy atom. The van der Waals surface area contributed by atoms with Gasteiger partial charge in [0.15, 0.2) is 0 Å². The van der Waals surface area contributed by atoms with E-state index in [1.54, 1.807) is 0 Å². The van der Waals surface area contributed by atoms with Crippen molar-refractivity contribution < 1.29 is 5.11 Å². The molecule has 0 bridgehead atoms. The summed E-state index contributed by atoms with van der Waals surface area (Å²) in [5.41, 5.74) is 2.18. The van der Waals surface area contributed by atoms with Crippen LogP contribution in [0.3, 0.4) is 0 Å². The van der Waals surface area contributed by atoms with Gasteiger partial charge in [-0.3, -0.25) is 0 Å². The molecule has 0 saturated carbocycles. The lowest BCUT2D eigenvalue weighted by Gasteiger charge is -2.37. The van der Waals surface area contributed by atoms with Gasteiger partial charge in [-0.15, -0.1) is 0 Å². The third-order valence-corrected chi connectivity index (χ3v) is 4.84. The predicted octanol–water partition coefficient (Wildman–Crippen LogP) is 5.19. The zero-order valence-electron chi connectivity index (χ0n) is 14.1. The smallest absolute Gasteiger partial charge is 0.118 e. The second kappa shape index (κ2) is 7.46. The lowest BCUT2D eigenvalue weighted by atomic mass is 9.72. The first-order valence-corrected chi connectivity index (χ1v) is 8.62. The highest BCUT2D eigenvalue weighted by molar-refractivity contribution is 5.37. The number of rotatable bonds is 6. The van der Waals surface area contributed by atoms with Crippen LogP contribution in [0.4, 0.5) is 0 Å². The fraction of sp³-hybridized carbons (Fsp3) is 0.217. The van der Waals surface area contributed by atoms with Gasteiger partial charge in [0, 0.05) is 0 Å². The Balaban J connectivity index is 2.06. The molecule has 1 nitrogen and oxygen atoms in total. The summed E-state index contributed by atoms with van der Waals surface area (Å²) in [6, 6.07) is 30.5. The second-order valence-corrected chi connectivity index (χ2v) is 6.29. The highest BCUT2D eigenvalue weighted by Crippen LogP contribution is 2.40. The van der Waals surface area contributed by atoms with Gasteiger partial charge in [0.25, 0.3) is 0 Å². The highest BCUT2D eigenvalue weighted by atomic mass is 16.3. The van der Waals surface area contributed by atoms with Crippen molar-refractivity contribution in [3.63, 3.8) is 0 Å². The zero-order valence-corrected chi connectivity index (χ0v) is 14.1. The number of hydrogen-bond acceptors (Lipinski definition) is 1. The van der Waals surface area contributed by atoms with Crippen LogP contribution in [0, 0.1) is 5.92 Å². The normalized spacial score (nSPS) is 12.8. The summed E-state index contributed by atoms with van der Waals surface area (Å²) < 4.78 is 0. The summed E-state index contributed by atoms with van der Waals surface area (Å²) in [5, 5.41) is 11.9. The maximum absolute atomic E-state index is 11.9. The number of aliphatic hydroxyl groups is 1. The number of benzene rings is 3. The molecule has 0 aliphatic rings. The first kappa shape index (κ1) is 16.5. The van der Waals surface area contributed by atoms with E-state index in [9.17, 15) is 5.11 Å². The van der Waals surface area contributed by atoms with Crippen LogP contribution in [-0.4, -0.2) is 5.11 Å². The molecular formula is C23H24O. The van der Waals surface area contributed by atoms with Crippen molar-refractivity contribution >= 4 is 0 Å². The molecule has 1 atom stereocenters. The van der Waals surface area contributed by atoms with Crippen molar-refractivity contribution in [2.24, 2.45) is 5.92 Å². The van der Waals surface area contributed by atoms with E-state index in [1.807, 2.05) is 66.7 Å². The minimum Gasteiger partial charge on any atom is -0.380 e. The van der Waals surface area contributed by atoms with Crippen LogP contribution in [0.15, 0.2) is 91.0 Å². The monoisotopic (exact) mass is 316 g/mol. The first-order chi connectivity index (χ1) is 11.7. The van der Waals surface area contributed by atoms with Gasteiger partial charge in [0.05, 0.1) is 0 Å². The van der Waals surface area contributed by atoms with Crippen molar-refractivity contribution in [2.45, 2.75) is 25.4 Å². The molecule has 0 heterocycles. The van der Waals surface area contributed by atoms with Gasteiger partial charge in [-0.25, -0.2) is 0 Å². The first-order valence-electron chi connectivity index (χ1n) is 8.62. The molecule has 1 unspecified atom stereocenters. The van der Waals surface area contributed by atoms with Crippen LogP contribution in [0.25, 0.3) is 0 Å². The average molecular weight is 316 g/mol. The molecule has 0 fully saturated rings. The third kappa shape index (κ3) is 3.27. The van der Waals surface area contributed by atoms with E-state index in [4.69, 9.17) is 0 Å². The van der Waals surface area contributed by atoms with E-state index in [0.717, 1.165) is 24.0 Å². The molecule has 0 aromatic heterocycles. The maximum atomic E-state index is 11.9. The van der Waals surface area contributed by atoms with Crippen LogP contribution in [0.1, 0.15) is 30.0 Å².